The Kier molecular flexibility index (Phi) is 5.03. The second-order valence-corrected chi connectivity index (χ2v) is 5.48. The number of carboxylic acid groups (broad SMARTS) is 1. The summed E-state index contributed by atoms with van der Waals surface area (Å²) in [6, 6.07) is 7.34. The lowest BCUT2D eigenvalue weighted by Gasteiger charge is -2.12. The van der Waals surface area contributed by atoms with Gasteiger partial charge in [0.2, 0.25) is 0 Å². The fourth-order valence-corrected chi connectivity index (χ4v) is 2.50. The standard InChI is InChI=1S/C14H17NO4S/c1-20-11-5-2-9(3-6-11)13(16)15-8-10-4-7-12(19-10)14(17)18/h2-3,5-6,10,12H,4,7-8H2,1H3,(H,15,16)(H,17,18). The quantitative estimate of drug-likeness (QED) is 0.810. The van der Waals surface area contributed by atoms with Crippen molar-refractivity contribution in [1.29, 1.82) is 0 Å². The van der Waals surface area contributed by atoms with E-state index in [1.165, 1.54) is 0 Å². The molecule has 2 N–H and O–H groups in total. The minimum atomic E-state index is -0.938. The molecule has 0 aliphatic carbocycles. The Morgan fingerprint density at radius 2 is 2.05 bits per heavy atom. The lowest BCUT2D eigenvalue weighted by atomic mass is 10.2. The van der Waals surface area contributed by atoms with E-state index < -0.39 is 12.1 Å². The van der Waals surface area contributed by atoms with Crippen LogP contribution in [0.4, 0.5) is 0 Å². The van der Waals surface area contributed by atoms with Crippen LogP contribution < -0.4 is 5.32 Å². The topological polar surface area (TPSA) is 75.6 Å². The van der Waals surface area contributed by atoms with E-state index in [-0.39, 0.29) is 12.0 Å². The number of rotatable bonds is 5. The molecule has 1 fully saturated rings. The van der Waals surface area contributed by atoms with E-state index >= 15 is 0 Å². The molecule has 2 unspecified atom stereocenters. The number of carbonyl (C=O) groups is 2. The van der Waals surface area contributed by atoms with Crippen LogP contribution in [0.15, 0.2) is 29.2 Å². The Hall–Kier alpha value is -1.53. The zero-order valence-electron chi connectivity index (χ0n) is 11.2. The van der Waals surface area contributed by atoms with Crippen LogP contribution in [0.3, 0.4) is 0 Å². The third kappa shape index (κ3) is 3.74. The number of aliphatic carboxylic acids is 1. The summed E-state index contributed by atoms with van der Waals surface area (Å²) < 4.78 is 5.33. The molecule has 2 atom stereocenters. The highest BCUT2D eigenvalue weighted by Crippen LogP contribution is 2.19. The lowest BCUT2D eigenvalue weighted by molar-refractivity contribution is -0.149. The first-order valence-corrected chi connectivity index (χ1v) is 7.63. The number of hydrogen-bond donors (Lipinski definition) is 2. The number of thioether (sulfide) groups is 1. The minimum absolute atomic E-state index is 0.167. The smallest absolute Gasteiger partial charge is 0.332 e. The van der Waals surface area contributed by atoms with Crippen LogP contribution in [0.1, 0.15) is 23.2 Å². The Morgan fingerprint density at radius 3 is 2.60 bits per heavy atom. The van der Waals surface area contributed by atoms with Gasteiger partial charge in [-0.3, -0.25) is 4.79 Å². The van der Waals surface area contributed by atoms with Crippen molar-refractivity contribution >= 4 is 23.6 Å². The fraction of sp³-hybridized carbons (Fsp3) is 0.429. The van der Waals surface area contributed by atoms with E-state index in [1.54, 1.807) is 23.9 Å². The van der Waals surface area contributed by atoms with Crippen molar-refractivity contribution in [3.63, 3.8) is 0 Å². The van der Waals surface area contributed by atoms with Gasteiger partial charge >= 0.3 is 5.97 Å². The molecule has 2 rings (SSSR count). The molecule has 0 radical (unpaired) electrons. The summed E-state index contributed by atoms with van der Waals surface area (Å²) in [6.07, 6.45) is 2.18. The Labute approximate surface area is 121 Å². The number of ether oxygens (including phenoxy) is 1. The molecule has 0 spiro atoms. The van der Waals surface area contributed by atoms with Crippen molar-refractivity contribution in [2.45, 2.75) is 29.9 Å². The molecule has 5 nitrogen and oxygen atoms in total. The largest absolute Gasteiger partial charge is 0.479 e. The molecule has 0 bridgehead atoms. The summed E-state index contributed by atoms with van der Waals surface area (Å²) in [5.74, 6) is -1.11. The minimum Gasteiger partial charge on any atom is -0.479 e. The van der Waals surface area contributed by atoms with E-state index in [9.17, 15) is 9.59 Å². The Balaban J connectivity index is 1.81. The van der Waals surface area contributed by atoms with Gasteiger partial charge in [-0.05, 0) is 43.4 Å². The van der Waals surface area contributed by atoms with Crippen molar-refractivity contribution < 1.29 is 19.4 Å². The van der Waals surface area contributed by atoms with E-state index in [1.807, 2.05) is 18.4 Å². The number of carboxylic acids is 1. The zero-order valence-corrected chi connectivity index (χ0v) is 12.0. The van der Waals surface area contributed by atoms with Gasteiger partial charge in [0.1, 0.15) is 0 Å². The van der Waals surface area contributed by atoms with Crippen LogP contribution in [0.25, 0.3) is 0 Å². The first-order chi connectivity index (χ1) is 9.60. The third-order valence-electron chi connectivity index (χ3n) is 3.23. The highest BCUT2D eigenvalue weighted by Gasteiger charge is 2.30. The predicted molar refractivity (Wildman–Crippen MR) is 76.1 cm³/mol. The first-order valence-electron chi connectivity index (χ1n) is 6.40. The van der Waals surface area contributed by atoms with Crippen molar-refractivity contribution in [3.8, 4) is 0 Å². The zero-order chi connectivity index (χ0) is 14.5. The summed E-state index contributed by atoms with van der Waals surface area (Å²) in [7, 11) is 0. The highest BCUT2D eigenvalue weighted by atomic mass is 32.2. The molecule has 108 valence electrons. The summed E-state index contributed by atoms with van der Waals surface area (Å²) in [4.78, 5) is 23.8. The SMILES string of the molecule is CSc1ccc(C(=O)NCC2CCC(C(=O)O)O2)cc1. The van der Waals surface area contributed by atoms with Crippen molar-refractivity contribution in [2.75, 3.05) is 12.8 Å². The first kappa shape index (κ1) is 14.9. The molecule has 6 heteroatoms. The van der Waals surface area contributed by atoms with Gasteiger partial charge in [-0.1, -0.05) is 0 Å². The highest BCUT2D eigenvalue weighted by molar-refractivity contribution is 7.98. The molecule has 1 amide bonds. The van der Waals surface area contributed by atoms with E-state index in [0.29, 0.717) is 24.9 Å². The molecule has 1 aliphatic rings. The number of carbonyl (C=O) groups excluding carboxylic acids is 1. The van der Waals surface area contributed by atoms with Crippen LogP contribution in [0.2, 0.25) is 0 Å². The number of benzene rings is 1. The molecule has 0 saturated carbocycles. The molecule has 1 aliphatic heterocycles. The summed E-state index contributed by atoms with van der Waals surface area (Å²) in [6.45, 7) is 0.340. The van der Waals surface area contributed by atoms with Gasteiger partial charge in [0.25, 0.3) is 5.91 Å². The third-order valence-corrected chi connectivity index (χ3v) is 3.97. The van der Waals surface area contributed by atoms with Gasteiger partial charge in [0.15, 0.2) is 6.10 Å². The molecule has 1 aromatic carbocycles. The predicted octanol–water partition coefficient (Wildman–Crippen LogP) is 1.77. The summed E-state index contributed by atoms with van der Waals surface area (Å²) in [5, 5.41) is 11.6. The molecular formula is C14H17NO4S. The molecule has 1 saturated heterocycles. The van der Waals surface area contributed by atoms with Crippen LogP contribution in [-0.4, -0.2) is 42.0 Å². The Bertz CT molecular complexity index is 488. The maximum atomic E-state index is 11.9. The van der Waals surface area contributed by atoms with Crippen LogP contribution in [0, 0.1) is 0 Å². The molecular weight excluding hydrogens is 278 g/mol. The van der Waals surface area contributed by atoms with Crippen LogP contribution in [0.5, 0.6) is 0 Å². The number of amides is 1. The molecule has 1 heterocycles. The van der Waals surface area contributed by atoms with Crippen molar-refractivity contribution in [1.82, 2.24) is 5.32 Å². The van der Waals surface area contributed by atoms with Gasteiger partial charge in [0, 0.05) is 17.0 Å². The van der Waals surface area contributed by atoms with E-state index in [0.717, 1.165) is 4.90 Å². The van der Waals surface area contributed by atoms with Gasteiger partial charge in [0.05, 0.1) is 6.10 Å². The molecule has 20 heavy (non-hydrogen) atoms. The lowest BCUT2D eigenvalue weighted by Crippen LogP contribution is -2.33. The molecule has 0 aromatic heterocycles. The van der Waals surface area contributed by atoms with Gasteiger partial charge in [-0.15, -0.1) is 11.8 Å². The number of hydrogen-bond acceptors (Lipinski definition) is 4. The molecule has 1 aromatic rings. The van der Waals surface area contributed by atoms with Gasteiger partial charge < -0.3 is 15.2 Å². The maximum Gasteiger partial charge on any atom is 0.332 e. The van der Waals surface area contributed by atoms with Crippen LogP contribution in [-0.2, 0) is 9.53 Å². The van der Waals surface area contributed by atoms with Gasteiger partial charge in [-0.2, -0.15) is 0 Å². The Morgan fingerprint density at radius 1 is 1.35 bits per heavy atom. The summed E-state index contributed by atoms with van der Waals surface area (Å²) >= 11 is 1.62. The maximum absolute atomic E-state index is 11.9. The van der Waals surface area contributed by atoms with Crippen molar-refractivity contribution in [2.24, 2.45) is 0 Å². The average Bonchev–Trinajstić information content (AvgIpc) is 2.94. The average molecular weight is 295 g/mol. The second kappa shape index (κ2) is 6.76. The normalized spacial score (nSPS) is 21.6. The van der Waals surface area contributed by atoms with Gasteiger partial charge in [-0.25, -0.2) is 4.79 Å². The van der Waals surface area contributed by atoms with E-state index in [2.05, 4.69) is 5.32 Å². The number of nitrogens with one attached hydrogen (secondary N) is 1. The second-order valence-electron chi connectivity index (χ2n) is 4.60. The van der Waals surface area contributed by atoms with Crippen molar-refractivity contribution in [3.05, 3.63) is 29.8 Å². The summed E-state index contributed by atoms with van der Waals surface area (Å²) in [5.41, 5.74) is 0.593. The van der Waals surface area contributed by atoms with Crippen LogP contribution >= 0.6 is 11.8 Å². The van der Waals surface area contributed by atoms with E-state index in [4.69, 9.17) is 9.84 Å². The monoisotopic (exact) mass is 295 g/mol. The fourth-order valence-electron chi connectivity index (χ4n) is 2.09.